The summed E-state index contributed by atoms with van der Waals surface area (Å²) in [5, 5.41) is 3.03. The molecular formula is C18H31ClN2O3. The van der Waals surface area contributed by atoms with Crippen LogP contribution in [0.3, 0.4) is 0 Å². The van der Waals surface area contributed by atoms with Crippen LogP contribution in [0.4, 0.5) is 5.69 Å². The number of carbonyl (C=O) groups is 1. The molecular weight excluding hydrogens is 328 g/mol. The van der Waals surface area contributed by atoms with Crippen molar-refractivity contribution in [3.8, 4) is 11.5 Å². The van der Waals surface area contributed by atoms with Crippen molar-refractivity contribution >= 4 is 11.6 Å². The molecule has 0 saturated heterocycles. The van der Waals surface area contributed by atoms with Crippen LogP contribution in [0.5, 0.6) is 11.5 Å². The number of hydrogen-bond acceptors (Lipinski definition) is 3. The van der Waals surface area contributed by atoms with Crippen LogP contribution in [-0.2, 0) is 4.79 Å². The molecule has 0 heterocycles. The quantitative estimate of drug-likeness (QED) is 0.572. The summed E-state index contributed by atoms with van der Waals surface area (Å²) in [6, 6.07) is 5.43. The van der Waals surface area contributed by atoms with Crippen molar-refractivity contribution < 1.29 is 31.6 Å². The van der Waals surface area contributed by atoms with Crippen LogP contribution in [0, 0.1) is 0 Å². The molecule has 0 aliphatic carbocycles. The fourth-order valence-corrected chi connectivity index (χ4v) is 2.82. The summed E-state index contributed by atoms with van der Waals surface area (Å²) in [5.41, 5.74) is 0.737. The molecule has 2 N–H and O–H groups in total. The van der Waals surface area contributed by atoms with Crippen molar-refractivity contribution in [2.45, 2.75) is 46.1 Å². The Labute approximate surface area is 152 Å². The molecule has 1 rings (SSSR count). The Kier molecular flexibility index (Phi) is 11.3. The van der Waals surface area contributed by atoms with E-state index in [0.29, 0.717) is 11.5 Å². The molecule has 0 aliphatic heterocycles. The Hall–Kier alpha value is -1.46. The lowest BCUT2D eigenvalue weighted by Crippen LogP contribution is -3.16. The monoisotopic (exact) mass is 358 g/mol. The first kappa shape index (κ1) is 22.5. The number of methoxy groups -OCH3 is 2. The fraction of sp³-hybridized carbons (Fsp3) is 0.611. The third-order valence-electron chi connectivity index (χ3n) is 4.21. The molecule has 1 aromatic rings. The second kappa shape index (κ2) is 12.0. The highest BCUT2D eigenvalue weighted by molar-refractivity contribution is 5.94. The predicted octanol–water partition coefficient (Wildman–Crippen LogP) is -0.870. The number of rotatable bonds is 10. The number of halogens is 1. The summed E-state index contributed by atoms with van der Waals surface area (Å²) >= 11 is 0. The number of carbonyl (C=O) groups excluding carboxylic acids is 1. The van der Waals surface area contributed by atoms with Gasteiger partial charge in [0.1, 0.15) is 0 Å². The molecule has 0 fully saturated rings. The Morgan fingerprint density at radius 1 is 1.12 bits per heavy atom. The maximum absolute atomic E-state index is 12.7. The molecule has 0 aromatic heterocycles. The molecule has 1 unspecified atom stereocenters. The third-order valence-corrected chi connectivity index (χ3v) is 4.21. The van der Waals surface area contributed by atoms with Gasteiger partial charge in [-0.25, -0.2) is 0 Å². The molecule has 5 nitrogen and oxygen atoms in total. The van der Waals surface area contributed by atoms with Crippen molar-refractivity contribution in [3.63, 3.8) is 0 Å². The number of nitrogens with one attached hydrogen (secondary N) is 2. The molecule has 0 bridgehead atoms. The number of hydrogen-bond donors (Lipinski definition) is 2. The van der Waals surface area contributed by atoms with Gasteiger partial charge in [-0.15, -0.1) is 0 Å². The highest BCUT2D eigenvalue weighted by Crippen LogP contribution is 2.29. The Balaban J connectivity index is 0.00000529. The Morgan fingerprint density at radius 2 is 1.75 bits per heavy atom. The van der Waals surface area contributed by atoms with Gasteiger partial charge in [-0.05, 0) is 32.4 Å². The standard InChI is InChI=1S/C18H30N2O3.ClH/c1-6-9-10-15(20(7-2)8-3)18(21)19-14-11-12-16(22-4)17(13-14)23-5;/h11-13,15H,6-10H2,1-5H3,(H,19,21);1H. The van der Waals surface area contributed by atoms with E-state index in [0.717, 1.165) is 38.0 Å². The average Bonchev–Trinajstić information content (AvgIpc) is 2.58. The van der Waals surface area contributed by atoms with Gasteiger partial charge in [0.25, 0.3) is 5.91 Å². The van der Waals surface area contributed by atoms with Crippen LogP contribution in [0.25, 0.3) is 0 Å². The zero-order valence-corrected chi connectivity index (χ0v) is 16.2. The van der Waals surface area contributed by atoms with E-state index in [1.165, 1.54) is 4.90 Å². The van der Waals surface area contributed by atoms with E-state index in [1.54, 1.807) is 26.4 Å². The van der Waals surface area contributed by atoms with Crippen LogP contribution < -0.4 is 32.1 Å². The van der Waals surface area contributed by atoms with Gasteiger partial charge in [-0.2, -0.15) is 0 Å². The number of benzene rings is 1. The summed E-state index contributed by atoms with van der Waals surface area (Å²) in [6.45, 7) is 8.30. The summed E-state index contributed by atoms with van der Waals surface area (Å²) in [4.78, 5) is 14.0. The van der Waals surface area contributed by atoms with E-state index in [4.69, 9.17) is 9.47 Å². The van der Waals surface area contributed by atoms with Crippen molar-refractivity contribution in [1.82, 2.24) is 0 Å². The minimum Gasteiger partial charge on any atom is -1.00 e. The fourth-order valence-electron chi connectivity index (χ4n) is 2.82. The number of unbranched alkanes of at least 4 members (excludes halogenated alkanes) is 1. The maximum Gasteiger partial charge on any atom is 0.282 e. The Bertz CT molecular complexity index is 493. The largest absolute Gasteiger partial charge is 1.00 e. The lowest BCUT2D eigenvalue weighted by atomic mass is 10.1. The SMILES string of the molecule is CCCCC(C(=O)Nc1ccc(OC)c(OC)c1)[NH+](CC)CC.[Cl-]. The molecule has 6 heteroatoms. The van der Waals surface area contributed by atoms with Gasteiger partial charge in [0.05, 0.1) is 27.3 Å². The smallest absolute Gasteiger partial charge is 0.282 e. The van der Waals surface area contributed by atoms with E-state index in [2.05, 4.69) is 26.1 Å². The Morgan fingerprint density at radius 3 is 2.25 bits per heavy atom. The van der Waals surface area contributed by atoms with Crippen molar-refractivity contribution in [2.75, 3.05) is 32.6 Å². The van der Waals surface area contributed by atoms with Crippen molar-refractivity contribution in [1.29, 1.82) is 0 Å². The molecule has 0 aliphatic rings. The summed E-state index contributed by atoms with van der Waals surface area (Å²) in [5.74, 6) is 1.34. The number of amides is 1. The summed E-state index contributed by atoms with van der Waals surface area (Å²) in [7, 11) is 3.19. The van der Waals surface area contributed by atoms with Crippen molar-refractivity contribution in [3.05, 3.63) is 18.2 Å². The summed E-state index contributed by atoms with van der Waals surface area (Å²) in [6.07, 6.45) is 3.07. The molecule has 0 saturated carbocycles. The van der Waals surface area contributed by atoms with Crippen LogP contribution in [0.1, 0.15) is 40.0 Å². The van der Waals surface area contributed by atoms with E-state index in [1.807, 2.05) is 6.07 Å². The highest BCUT2D eigenvalue weighted by atomic mass is 35.5. The van der Waals surface area contributed by atoms with Gasteiger partial charge >= 0.3 is 0 Å². The summed E-state index contributed by atoms with van der Waals surface area (Å²) < 4.78 is 10.5. The maximum atomic E-state index is 12.7. The lowest BCUT2D eigenvalue weighted by Gasteiger charge is -2.25. The number of likely N-dealkylation sites (N-methyl/N-ethyl adjacent to an activating group) is 1. The lowest BCUT2D eigenvalue weighted by molar-refractivity contribution is -0.912. The number of ether oxygens (including phenoxy) is 2. The van der Waals surface area contributed by atoms with E-state index < -0.39 is 0 Å². The topological polar surface area (TPSA) is 52.0 Å². The second-order valence-corrected chi connectivity index (χ2v) is 5.62. The predicted molar refractivity (Wildman–Crippen MR) is 93.5 cm³/mol. The molecule has 1 aromatic carbocycles. The van der Waals surface area contributed by atoms with Crippen LogP contribution >= 0.6 is 0 Å². The average molecular weight is 359 g/mol. The minimum atomic E-state index is -0.0157. The van der Waals surface area contributed by atoms with Gasteiger partial charge in [-0.3, -0.25) is 4.79 Å². The second-order valence-electron chi connectivity index (χ2n) is 5.62. The molecule has 1 amide bonds. The number of quaternary nitrogens is 1. The van der Waals surface area contributed by atoms with Gasteiger partial charge < -0.3 is 32.1 Å². The first-order chi connectivity index (χ1) is 11.1. The van der Waals surface area contributed by atoms with Crippen LogP contribution in [-0.4, -0.2) is 39.3 Å². The van der Waals surface area contributed by atoms with Gasteiger partial charge in [-0.1, -0.05) is 13.3 Å². The highest BCUT2D eigenvalue weighted by Gasteiger charge is 2.27. The van der Waals surface area contributed by atoms with Gasteiger partial charge in [0, 0.05) is 18.2 Å². The van der Waals surface area contributed by atoms with Crippen LogP contribution in [0.2, 0.25) is 0 Å². The van der Waals surface area contributed by atoms with Gasteiger partial charge in [0.2, 0.25) is 0 Å². The molecule has 0 spiro atoms. The number of anilines is 1. The first-order valence-corrected chi connectivity index (χ1v) is 8.48. The van der Waals surface area contributed by atoms with Gasteiger partial charge in [0.15, 0.2) is 17.5 Å². The minimum absolute atomic E-state index is 0. The molecule has 138 valence electrons. The molecule has 24 heavy (non-hydrogen) atoms. The zero-order chi connectivity index (χ0) is 17.2. The third kappa shape index (κ3) is 6.21. The van der Waals surface area contributed by atoms with E-state index in [9.17, 15) is 4.79 Å². The first-order valence-electron chi connectivity index (χ1n) is 8.48. The van der Waals surface area contributed by atoms with Crippen LogP contribution in [0.15, 0.2) is 18.2 Å². The van der Waals surface area contributed by atoms with Crippen molar-refractivity contribution in [2.24, 2.45) is 0 Å². The molecule has 1 atom stereocenters. The van der Waals surface area contributed by atoms with E-state index >= 15 is 0 Å². The zero-order valence-electron chi connectivity index (χ0n) is 15.4. The van der Waals surface area contributed by atoms with E-state index in [-0.39, 0.29) is 24.4 Å². The molecule has 0 radical (unpaired) electrons. The normalized spacial score (nSPS) is 11.6.